The minimum absolute atomic E-state index is 0.236. The van der Waals surface area contributed by atoms with Crippen molar-refractivity contribution in [2.45, 2.75) is 11.3 Å². The number of rotatable bonds is 6. The summed E-state index contributed by atoms with van der Waals surface area (Å²) >= 11 is 5.90. The van der Waals surface area contributed by atoms with Gasteiger partial charge < -0.3 is 9.87 Å². The molecule has 1 unspecified atom stereocenters. The summed E-state index contributed by atoms with van der Waals surface area (Å²) in [7, 11) is -3.29. The number of sulfone groups is 1. The average molecular weight is 454 g/mol. The zero-order valence-electron chi connectivity index (χ0n) is 16.7. The molecule has 2 aromatic carbocycles. The molecule has 0 bridgehead atoms. The molecular weight excluding hydrogens is 434 g/mol. The highest BCUT2D eigenvalue weighted by atomic mass is 35.5. The molecule has 4 rings (SSSR count). The maximum absolute atomic E-state index is 12.8. The maximum Gasteiger partial charge on any atom is 0.287 e. The normalized spacial score (nSPS) is 13.1. The van der Waals surface area contributed by atoms with Crippen LogP contribution < -0.4 is 5.32 Å². The zero-order chi connectivity index (χ0) is 22.0. The lowest BCUT2D eigenvalue weighted by Crippen LogP contribution is -2.27. The molecule has 1 amide bonds. The fourth-order valence-corrected chi connectivity index (χ4v) is 4.08. The van der Waals surface area contributed by atoms with E-state index in [1.54, 1.807) is 34.9 Å². The third kappa shape index (κ3) is 4.69. The number of pyridine rings is 1. The highest BCUT2D eigenvalue weighted by molar-refractivity contribution is 7.97. The second-order valence-corrected chi connectivity index (χ2v) is 9.62. The Balaban J connectivity index is 1.58. The summed E-state index contributed by atoms with van der Waals surface area (Å²) in [5.41, 5.74) is 3.18. The number of carbonyl (C=O) groups is 1. The van der Waals surface area contributed by atoms with E-state index >= 15 is 0 Å². The van der Waals surface area contributed by atoms with Crippen LogP contribution in [0.1, 0.15) is 16.2 Å². The molecule has 0 radical (unpaired) electrons. The summed E-state index contributed by atoms with van der Waals surface area (Å²) < 4.78 is 25.2. The van der Waals surface area contributed by atoms with Gasteiger partial charge in [-0.1, -0.05) is 29.8 Å². The van der Waals surface area contributed by atoms with E-state index in [1.807, 2.05) is 42.5 Å². The third-order valence-corrected chi connectivity index (χ3v) is 6.30. The number of halogens is 1. The van der Waals surface area contributed by atoms with Gasteiger partial charge in [-0.2, -0.15) is 0 Å². The van der Waals surface area contributed by atoms with Crippen LogP contribution in [0, 0.1) is 0 Å². The largest absolute Gasteiger partial charge is 0.610 e. The molecule has 0 spiro atoms. The van der Waals surface area contributed by atoms with Gasteiger partial charge >= 0.3 is 0 Å². The number of fused-ring (bicyclic) bond motifs is 1. The Morgan fingerprint density at radius 2 is 1.81 bits per heavy atom. The van der Waals surface area contributed by atoms with Gasteiger partial charge in [-0.05, 0) is 60.5 Å². The molecule has 0 aliphatic heterocycles. The molecule has 8 heteroatoms. The van der Waals surface area contributed by atoms with Crippen molar-refractivity contribution in [3.8, 4) is 11.3 Å². The van der Waals surface area contributed by atoms with E-state index in [2.05, 4.69) is 10.3 Å². The van der Waals surface area contributed by atoms with E-state index in [4.69, 9.17) is 11.6 Å². The Hall–Kier alpha value is -3.00. The first-order valence-corrected chi connectivity index (χ1v) is 11.9. The molecule has 31 heavy (non-hydrogen) atoms. The van der Waals surface area contributed by atoms with Crippen LogP contribution >= 0.6 is 11.6 Å². The van der Waals surface area contributed by atoms with Crippen molar-refractivity contribution in [3.63, 3.8) is 0 Å². The standard InChI is InChI=1S/C23H20ClN3O3S/c1-31(29,30)19-11-7-17(8-12-19)21-20-4-2-3-15-27(20)22(26-21)23(28)25-14-13-16-5-9-18(24)10-6-16/h2-12,15H,13-14H2,1H3,(H-,25,28,29,30). The van der Waals surface area contributed by atoms with Gasteiger partial charge in [0.15, 0.2) is 4.90 Å². The number of imidazole rings is 1. The fourth-order valence-electron chi connectivity index (χ4n) is 3.32. The lowest BCUT2D eigenvalue weighted by Gasteiger charge is -2.08. The van der Waals surface area contributed by atoms with Crippen molar-refractivity contribution in [2.75, 3.05) is 12.8 Å². The quantitative estimate of drug-likeness (QED) is 0.442. The van der Waals surface area contributed by atoms with E-state index in [-0.39, 0.29) is 16.6 Å². The van der Waals surface area contributed by atoms with Crippen molar-refractivity contribution < 1.29 is 13.6 Å². The summed E-state index contributed by atoms with van der Waals surface area (Å²) in [6.07, 6.45) is 3.62. The Morgan fingerprint density at radius 3 is 2.48 bits per heavy atom. The van der Waals surface area contributed by atoms with Crippen molar-refractivity contribution in [2.24, 2.45) is 0 Å². The first-order chi connectivity index (χ1) is 14.8. The first kappa shape index (κ1) is 21.2. The highest BCUT2D eigenvalue weighted by Crippen LogP contribution is 2.27. The SMILES string of the molecule is C[S+](=O)([O-])c1ccc(-c2nc(C(=O)NCCc3ccc(Cl)cc3)n3ccccc23)cc1. The summed E-state index contributed by atoms with van der Waals surface area (Å²) in [6, 6.07) is 19.6. The Bertz CT molecular complexity index is 1280. The highest BCUT2D eigenvalue weighted by Gasteiger charge is 2.19. The van der Waals surface area contributed by atoms with Crippen molar-refractivity contribution >= 4 is 33.2 Å². The topological polar surface area (TPSA) is 86.5 Å². The molecule has 0 aliphatic rings. The van der Waals surface area contributed by atoms with E-state index < -0.39 is 10.2 Å². The summed E-state index contributed by atoms with van der Waals surface area (Å²) in [5, 5.41) is 3.59. The van der Waals surface area contributed by atoms with E-state index in [0.717, 1.165) is 16.6 Å². The van der Waals surface area contributed by atoms with Crippen LogP contribution in [0.25, 0.3) is 16.8 Å². The number of hydrogen-bond donors (Lipinski definition) is 1. The van der Waals surface area contributed by atoms with Gasteiger partial charge in [-0.25, -0.2) is 4.98 Å². The molecule has 2 aromatic heterocycles. The molecule has 158 valence electrons. The smallest absolute Gasteiger partial charge is 0.287 e. The second kappa shape index (κ2) is 8.63. The monoisotopic (exact) mass is 453 g/mol. The number of amides is 1. The van der Waals surface area contributed by atoms with Gasteiger partial charge in [0.25, 0.3) is 5.91 Å². The number of benzene rings is 2. The van der Waals surface area contributed by atoms with E-state index in [9.17, 15) is 13.6 Å². The van der Waals surface area contributed by atoms with Gasteiger partial charge in [0.05, 0.1) is 21.4 Å². The molecule has 1 N–H and O–H groups in total. The van der Waals surface area contributed by atoms with Crippen molar-refractivity contribution in [3.05, 3.63) is 89.3 Å². The molecule has 0 aliphatic carbocycles. The molecule has 1 atom stereocenters. The number of nitrogens with zero attached hydrogens (tertiary/aromatic N) is 2. The van der Waals surface area contributed by atoms with E-state index in [1.165, 1.54) is 6.26 Å². The van der Waals surface area contributed by atoms with Crippen molar-refractivity contribution in [1.82, 2.24) is 14.7 Å². The number of nitrogens with one attached hydrogen (secondary N) is 1. The Morgan fingerprint density at radius 1 is 1.10 bits per heavy atom. The fraction of sp³-hybridized carbons (Fsp3) is 0.130. The molecule has 4 aromatic rings. The van der Waals surface area contributed by atoms with Gasteiger partial charge in [0.1, 0.15) is 6.26 Å². The summed E-state index contributed by atoms with van der Waals surface area (Å²) in [4.78, 5) is 17.6. The maximum atomic E-state index is 12.8. The van der Waals surface area contributed by atoms with Gasteiger partial charge in [0, 0.05) is 23.3 Å². The molecule has 0 saturated heterocycles. The van der Waals surface area contributed by atoms with Gasteiger partial charge in [0.2, 0.25) is 5.82 Å². The molecule has 6 nitrogen and oxygen atoms in total. The van der Waals surface area contributed by atoms with Crippen LogP contribution in [0.4, 0.5) is 0 Å². The van der Waals surface area contributed by atoms with Crippen LogP contribution in [-0.2, 0) is 20.8 Å². The third-order valence-electron chi connectivity index (χ3n) is 4.92. The summed E-state index contributed by atoms with van der Waals surface area (Å²) in [6.45, 7) is 0.459. The zero-order valence-corrected chi connectivity index (χ0v) is 18.3. The molecule has 0 fully saturated rings. The van der Waals surface area contributed by atoms with Crippen LogP contribution in [0.15, 0.2) is 77.8 Å². The second-order valence-electron chi connectivity index (χ2n) is 7.17. The number of carbonyl (C=O) groups excluding carboxylic acids is 1. The van der Waals surface area contributed by atoms with Gasteiger partial charge in [-0.15, -0.1) is 4.21 Å². The molecule has 2 heterocycles. The first-order valence-electron chi connectivity index (χ1n) is 9.63. The van der Waals surface area contributed by atoms with Crippen LogP contribution in [0.3, 0.4) is 0 Å². The predicted molar refractivity (Wildman–Crippen MR) is 121 cm³/mol. The van der Waals surface area contributed by atoms with Crippen molar-refractivity contribution in [1.29, 1.82) is 0 Å². The molecule has 0 saturated carbocycles. The minimum Gasteiger partial charge on any atom is -0.610 e. The molecular formula is C23H20ClN3O3S. The number of aromatic nitrogens is 2. The predicted octanol–water partition coefficient (Wildman–Crippen LogP) is 4.25. The lowest BCUT2D eigenvalue weighted by molar-refractivity contribution is 0.0943. The van der Waals surface area contributed by atoms with Crippen LogP contribution in [-0.4, -0.2) is 32.6 Å². The van der Waals surface area contributed by atoms with E-state index in [0.29, 0.717) is 23.7 Å². The Labute approximate surface area is 186 Å². The van der Waals surface area contributed by atoms with Crippen LogP contribution in [0.2, 0.25) is 5.02 Å². The van der Waals surface area contributed by atoms with Crippen LogP contribution in [0.5, 0.6) is 0 Å². The Kier molecular flexibility index (Phi) is 5.91. The average Bonchev–Trinajstić information content (AvgIpc) is 3.14. The van der Waals surface area contributed by atoms with Gasteiger partial charge in [-0.3, -0.25) is 9.20 Å². The number of hydrogen-bond acceptors (Lipinski definition) is 4. The summed E-state index contributed by atoms with van der Waals surface area (Å²) in [5.74, 6) is -0.0111. The minimum atomic E-state index is -3.29. The lowest BCUT2D eigenvalue weighted by atomic mass is 10.1.